The van der Waals surface area contributed by atoms with Crippen LogP contribution in [0.4, 0.5) is 0 Å². The van der Waals surface area contributed by atoms with Crippen LogP contribution in [0, 0.1) is 0 Å². The average molecular weight is 403 g/mol. The summed E-state index contributed by atoms with van der Waals surface area (Å²) in [5.41, 5.74) is 1.20. The molecule has 1 fully saturated rings. The molecule has 28 heavy (non-hydrogen) atoms. The van der Waals surface area contributed by atoms with Crippen molar-refractivity contribution in [3.8, 4) is 0 Å². The Morgan fingerprint density at radius 3 is 2.61 bits per heavy atom. The van der Waals surface area contributed by atoms with Gasteiger partial charge in [0.15, 0.2) is 0 Å². The van der Waals surface area contributed by atoms with Gasteiger partial charge in [0.05, 0.1) is 11.9 Å². The number of hydrogen-bond donors (Lipinski definition) is 1. The van der Waals surface area contributed by atoms with Gasteiger partial charge in [-0.2, -0.15) is 0 Å². The van der Waals surface area contributed by atoms with Crippen LogP contribution in [-0.4, -0.2) is 57.6 Å². The van der Waals surface area contributed by atoms with Gasteiger partial charge in [0.25, 0.3) is 5.56 Å². The number of ketones is 1. The molecule has 2 aromatic rings. The average Bonchev–Trinajstić information content (AvgIpc) is 3.05. The Balaban J connectivity index is 1.40. The van der Waals surface area contributed by atoms with E-state index in [0.29, 0.717) is 38.3 Å². The maximum absolute atomic E-state index is 12.7. The Bertz CT molecular complexity index is 956. The van der Waals surface area contributed by atoms with Crippen LogP contribution in [-0.2, 0) is 29.0 Å². The van der Waals surface area contributed by atoms with Crippen molar-refractivity contribution in [2.75, 3.05) is 26.2 Å². The molecular formula is C20H26N4O3S. The summed E-state index contributed by atoms with van der Waals surface area (Å²) in [6, 6.07) is 0. The van der Waals surface area contributed by atoms with Crippen LogP contribution < -0.4 is 5.56 Å². The van der Waals surface area contributed by atoms with Gasteiger partial charge in [-0.3, -0.25) is 14.5 Å². The molecule has 0 radical (unpaired) electrons. The Hall–Kier alpha value is -2.06. The van der Waals surface area contributed by atoms with Crippen molar-refractivity contribution in [3.05, 3.63) is 26.6 Å². The Labute approximate surface area is 167 Å². The number of carbonyl (C=O) groups excluding carboxylic acids is 2. The lowest BCUT2D eigenvalue weighted by atomic mass is 9.97. The number of aromatic nitrogens is 2. The molecule has 0 aromatic carbocycles. The highest BCUT2D eigenvalue weighted by Gasteiger charge is 2.23. The molecule has 1 aliphatic heterocycles. The Morgan fingerprint density at radius 2 is 1.86 bits per heavy atom. The number of nitrogens with one attached hydrogen (secondary N) is 1. The van der Waals surface area contributed by atoms with Gasteiger partial charge in [0.2, 0.25) is 5.91 Å². The summed E-state index contributed by atoms with van der Waals surface area (Å²) in [4.78, 5) is 49.8. The van der Waals surface area contributed by atoms with Crippen molar-refractivity contribution < 1.29 is 9.59 Å². The third-order valence-corrected chi connectivity index (χ3v) is 6.85. The minimum absolute atomic E-state index is 0.0163. The van der Waals surface area contributed by atoms with Crippen molar-refractivity contribution in [3.63, 3.8) is 0 Å². The van der Waals surface area contributed by atoms with Crippen LogP contribution in [0.1, 0.15) is 48.9 Å². The van der Waals surface area contributed by atoms with Gasteiger partial charge in [-0.25, -0.2) is 4.98 Å². The second-order valence-corrected chi connectivity index (χ2v) is 8.85. The van der Waals surface area contributed by atoms with Crippen LogP contribution in [0.5, 0.6) is 0 Å². The normalized spacial score (nSPS) is 17.7. The van der Waals surface area contributed by atoms with Gasteiger partial charge in [-0.05, 0) is 38.2 Å². The van der Waals surface area contributed by atoms with Gasteiger partial charge in [0.1, 0.15) is 16.4 Å². The molecule has 1 aliphatic carbocycles. The van der Waals surface area contributed by atoms with Crippen molar-refractivity contribution in [1.29, 1.82) is 0 Å². The van der Waals surface area contributed by atoms with Crippen LogP contribution in [0.3, 0.4) is 0 Å². The molecule has 1 amide bonds. The minimum Gasteiger partial charge on any atom is -0.340 e. The molecule has 8 heteroatoms. The van der Waals surface area contributed by atoms with E-state index in [0.717, 1.165) is 42.6 Å². The molecule has 7 nitrogen and oxygen atoms in total. The lowest BCUT2D eigenvalue weighted by Crippen LogP contribution is -2.48. The van der Waals surface area contributed by atoms with E-state index in [1.165, 1.54) is 23.8 Å². The first-order valence-electron chi connectivity index (χ1n) is 10.0. The van der Waals surface area contributed by atoms with E-state index in [1.54, 1.807) is 11.3 Å². The number of aromatic amines is 1. The summed E-state index contributed by atoms with van der Waals surface area (Å²) in [6.45, 7) is 4.89. The first-order chi connectivity index (χ1) is 13.5. The van der Waals surface area contributed by atoms with Gasteiger partial charge in [0, 0.05) is 43.9 Å². The summed E-state index contributed by atoms with van der Waals surface area (Å²) in [6.07, 6.45) is 5.00. The van der Waals surface area contributed by atoms with Gasteiger partial charge in [-0.1, -0.05) is 0 Å². The summed E-state index contributed by atoms with van der Waals surface area (Å²) >= 11 is 1.67. The van der Waals surface area contributed by atoms with Gasteiger partial charge in [-0.15, -0.1) is 11.3 Å². The predicted molar refractivity (Wildman–Crippen MR) is 109 cm³/mol. The number of Topliss-reactive ketones (excluding diaryl/α,β-unsaturated/α-hetero) is 1. The van der Waals surface area contributed by atoms with Crippen molar-refractivity contribution >= 4 is 33.2 Å². The molecular weight excluding hydrogens is 376 g/mol. The van der Waals surface area contributed by atoms with E-state index in [1.807, 2.05) is 4.90 Å². The molecule has 3 heterocycles. The number of nitrogens with zero attached hydrogens (tertiary/aromatic N) is 3. The molecule has 4 rings (SSSR count). The molecule has 0 spiro atoms. The molecule has 0 bridgehead atoms. The standard InChI is InChI=1S/C20H26N4O3S/c1-13(25)6-7-17(26)24-10-8-23(9-11-24)12-16-21-19(27)18-14-4-2-3-5-15(14)28-20(18)22-16/h2-12H2,1H3,(H,21,22,27). The summed E-state index contributed by atoms with van der Waals surface area (Å²) in [5.74, 6) is 0.798. The zero-order valence-electron chi connectivity index (χ0n) is 16.3. The molecule has 0 saturated carbocycles. The number of amides is 1. The topological polar surface area (TPSA) is 86.4 Å². The number of H-pyrrole nitrogens is 1. The SMILES string of the molecule is CC(=O)CCC(=O)N1CCN(Cc2nc3sc4c(c3c(=O)[nH]2)CCCC4)CC1. The van der Waals surface area contributed by atoms with Crippen molar-refractivity contribution in [2.45, 2.75) is 52.0 Å². The summed E-state index contributed by atoms with van der Waals surface area (Å²) in [7, 11) is 0. The molecule has 1 N–H and O–H groups in total. The van der Waals surface area contributed by atoms with E-state index in [9.17, 15) is 14.4 Å². The summed E-state index contributed by atoms with van der Waals surface area (Å²) < 4.78 is 0. The minimum atomic E-state index is -0.0163. The maximum Gasteiger partial charge on any atom is 0.259 e. The highest BCUT2D eigenvalue weighted by molar-refractivity contribution is 7.18. The van der Waals surface area contributed by atoms with Crippen LogP contribution in [0.15, 0.2) is 4.79 Å². The van der Waals surface area contributed by atoms with Crippen molar-refractivity contribution in [1.82, 2.24) is 19.8 Å². The molecule has 0 atom stereocenters. The first kappa shape index (κ1) is 19.3. The van der Waals surface area contributed by atoms with E-state index in [-0.39, 0.29) is 17.2 Å². The third kappa shape index (κ3) is 4.03. The molecule has 2 aromatic heterocycles. The molecule has 0 unspecified atom stereocenters. The number of fused-ring (bicyclic) bond motifs is 3. The van der Waals surface area contributed by atoms with E-state index in [4.69, 9.17) is 4.98 Å². The van der Waals surface area contributed by atoms with E-state index in [2.05, 4.69) is 9.88 Å². The van der Waals surface area contributed by atoms with Crippen LogP contribution in [0.2, 0.25) is 0 Å². The number of hydrogen-bond acceptors (Lipinski definition) is 6. The second kappa shape index (κ2) is 8.13. The van der Waals surface area contributed by atoms with Gasteiger partial charge >= 0.3 is 0 Å². The zero-order chi connectivity index (χ0) is 19.7. The number of thiophene rings is 1. The largest absolute Gasteiger partial charge is 0.340 e. The van der Waals surface area contributed by atoms with Gasteiger partial charge < -0.3 is 14.7 Å². The fourth-order valence-electron chi connectivity index (χ4n) is 4.09. The monoisotopic (exact) mass is 402 g/mol. The number of aryl methyl sites for hydroxylation is 2. The number of piperazine rings is 1. The van der Waals surface area contributed by atoms with Crippen LogP contribution in [0.25, 0.3) is 10.2 Å². The van der Waals surface area contributed by atoms with E-state index < -0.39 is 0 Å². The zero-order valence-corrected chi connectivity index (χ0v) is 17.1. The maximum atomic E-state index is 12.7. The highest BCUT2D eigenvalue weighted by Crippen LogP contribution is 2.33. The third-order valence-electron chi connectivity index (χ3n) is 5.66. The molecule has 150 valence electrons. The first-order valence-corrected chi connectivity index (χ1v) is 10.9. The molecule has 1 saturated heterocycles. The Kier molecular flexibility index (Phi) is 5.59. The summed E-state index contributed by atoms with van der Waals surface area (Å²) in [5, 5.41) is 0.796. The molecule has 2 aliphatic rings. The predicted octanol–water partition coefficient (Wildman–Crippen LogP) is 1.88. The quantitative estimate of drug-likeness (QED) is 0.825. The number of carbonyl (C=O) groups is 2. The van der Waals surface area contributed by atoms with Crippen molar-refractivity contribution in [2.24, 2.45) is 0 Å². The Morgan fingerprint density at radius 1 is 1.11 bits per heavy atom. The smallest absolute Gasteiger partial charge is 0.259 e. The lowest BCUT2D eigenvalue weighted by molar-refractivity contribution is -0.134. The number of rotatable bonds is 5. The second-order valence-electron chi connectivity index (χ2n) is 7.76. The van der Waals surface area contributed by atoms with E-state index >= 15 is 0 Å². The highest BCUT2D eigenvalue weighted by atomic mass is 32.1. The lowest BCUT2D eigenvalue weighted by Gasteiger charge is -2.34. The van der Waals surface area contributed by atoms with Crippen LogP contribution >= 0.6 is 11.3 Å². The fraction of sp³-hybridized carbons (Fsp3) is 0.600. The fourth-order valence-corrected chi connectivity index (χ4v) is 5.37.